The number of rotatable bonds is 3. The summed E-state index contributed by atoms with van der Waals surface area (Å²) in [5, 5.41) is 3.22. The zero-order valence-corrected chi connectivity index (χ0v) is 9.40. The standard InChI is InChI=1S/C11H18N4/c1-9-6-13-11(14-7-9)15-5-3-4-10(15)8-12-2/h6-7,10,12H,3-5,8H2,1-2H3. The molecular formula is C11H18N4. The Labute approximate surface area is 90.7 Å². The van der Waals surface area contributed by atoms with Crippen molar-refractivity contribution in [2.75, 3.05) is 25.0 Å². The molecule has 1 aromatic rings. The van der Waals surface area contributed by atoms with Gasteiger partial charge in [-0.2, -0.15) is 0 Å². The van der Waals surface area contributed by atoms with E-state index in [0.717, 1.165) is 24.6 Å². The average Bonchev–Trinajstić information content (AvgIpc) is 2.68. The number of hydrogen-bond donors (Lipinski definition) is 1. The van der Waals surface area contributed by atoms with Crippen LogP contribution in [0.5, 0.6) is 0 Å². The molecule has 4 heteroatoms. The van der Waals surface area contributed by atoms with Gasteiger partial charge in [-0.3, -0.25) is 0 Å². The van der Waals surface area contributed by atoms with Crippen molar-refractivity contribution < 1.29 is 0 Å². The molecule has 2 rings (SSSR count). The summed E-state index contributed by atoms with van der Waals surface area (Å²) in [6.45, 7) is 4.10. The summed E-state index contributed by atoms with van der Waals surface area (Å²) in [6, 6.07) is 0.553. The summed E-state index contributed by atoms with van der Waals surface area (Å²) < 4.78 is 0. The normalized spacial score (nSPS) is 20.9. The van der Waals surface area contributed by atoms with Crippen LogP contribution < -0.4 is 10.2 Å². The Morgan fingerprint density at radius 2 is 2.20 bits per heavy atom. The molecule has 82 valence electrons. The molecule has 4 nitrogen and oxygen atoms in total. The number of anilines is 1. The number of aromatic nitrogens is 2. The second-order valence-electron chi connectivity index (χ2n) is 4.11. The molecule has 0 aromatic carbocycles. The Hall–Kier alpha value is -1.16. The highest BCUT2D eigenvalue weighted by Crippen LogP contribution is 2.21. The number of likely N-dealkylation sites (N-methyl/N-ethyl adjacent to an activating group) is 1. The third-order valence-corrected chi connectivity index (χ3v) is 2.84. The Balaban J connectivity index is 2.11. The lowest BCUT2D eigenvalue weighted by atomic mass is 10.2. The van der Waals surface area contributed by atoms with Gasteiger partial charge < -0.3 is 10.2 Å². The maximum atomic E-state index is 4.38. The lowest BCUT2D eigenvalue weighted by Gasteiger charge is -2.24. The van der Waals surface area contributed by atoms with Crippen LogP contribution in [0, 0.1) is 6.92 Å². The van der Waals surface area contributed by atoms with Gasteiger partial charge in [-0.05, 0) is 32.4 Å². The summed E-state index contributed by atoms with van der Waals surface area (Å²) in [6.07, 6.45) is 6.25. The molecule has 15 heavy (non-hydrogen) atoms. The molecule has 1 aliphatic rings. The molecule has 0 radical (unpaired) electrons. The Bertz CT molecular complexity index is 309. The first kappa shape index (κ1) is 10.4. The topological polar surface area (TPSA) is 41.0 Å². The largest absolute Gasteiger partial charge is 0.337 e. The van der Waals surface area contributed by atoms with Gasteiger partial charge in [0, 0.05) is 31.5 Å². The van der Waals surface area contributed by atoms with Crippen LogP contribution in [0.3, 0.4) is 0 Å². The van der Waals surface area contributed by atoms with Crippen LogP contribution in [0.1, 0.15) is 18.4 Å². The highest BCUT2D eigenvalue weighted by atomic mass is 15.3. The molecule has 1 aromatic heterocycles. The molecule has 0 saturated carbocycles. The monoisotopic (exact) mass is 206 g/mol. The molecule has 0 amide bonds. The molecule has 1 saturated heterocycles. The maximum absolute atomic E-state index is 4.38. The first-order valence-corrected chi connectivity index (χ1v) is 5.51. The van der Waals surface area contributed by atoms with Crippen LogP contribution in [0.2, 0.25) is 0 Å². The van der Waals surface area contributed by atoms with Crippen LogP contribution in [0.4, 0.5) is 5.95 Å². The Morgan fingerprint density at radius 3 is 2.87 bits per heavy atom. The quantitative estimate of drug-likeness (QED) is 0.800. The van der Waals surface area contributed by atoms with E-state index in [4.69, 9.17) is 0 Å². The van der Waals surface area contributed by atoms with Gasteiger partial charge in [0.1, 0.15) is 0 Å². The SMILES string of the molecule is CNCC1CCCN1c1ncc(C)cn1. The third-order valence-electron chi connectivity index (χ3n) is 2.84. The highest BCUT2D eigenvalue weighted by Gasteiger charge is 2.25. The third kappa shape index (κ3) is 2.26. The van der Waals surface area contributed by atoms with E-state index < -0.39 is 0 Å². The second-order valence-corrected chi connectivity index (χ2v) is 4.11. The van der Waals surface area contributed by atoms with E-state index in [-0.39, 0.29) is 0 Å². The molecule has 2 heterocycles. The lowest BCUT2D eigenvalue weighted by Crippen LogP contribution is -2.37. The zero-order valence-electron chi connectivity index (χ0n) is 9.40. The van der Waals surface area contributed by atoms with Crippen LogP contribution in [-0.2, 0) is 0 Å². The summed E-state index contributed by atoms with van der Waals surface area (Å²) >= 11 is 0. The molecule has 0 spiro atoms. The number of aryl methyl sites for hydroxylation is 1. The molecule has 1 unspecified atom stereocenters. The number of nitrogens with zero attached hydrogens (tertiary/aromatic N) is 3. The minimum absolute atomic E-state index is 0.553. The van der Waals surface area contributed by atoms with E-state index in [1.807, 2.05) is 26.4 Å². The first-order valence-electron chi connectivity index (χ1n) is 5.51. The fraction of sp³-hybridized carbons (Fsp3) is 0.636. The molecule has 1 N–H and O–H groups in total. The zero-order chi connectivity index (χ0) is 10.7. The van der Waals surface area contributed by atoms with Gasteiger partial charge in [0.25, 0.3) is 0 Å². The second kappa shape index (κ2) is 4.57. The first-order chi connectivity index (χ1) is 7.31. The van der Waals surface area contributed by atoms with Crippen LogP contribution in [0.25, 0.3) is 0 Å². The lowest BCUT2D eigenvalue weighted by molar-refractivity contribution is 0.607. The predicted octanol–water partition coefficient (Wildman–Crippen LogP) is 0.973. The minimum atomic E-state index is 0.553. The fourth-order valence-corrected chi connectivity index (χ4v) is 2.08. The summed E-state index contributed by atoms with van der Waals surface area (Å²) in [4.78, 5) is 11.1. The van der Waals surface area contributed by atoms with Gasteiger partial charge in [-0.15, -0.1) is 0 Å². The molecule has 0 bridgehead atoms. The molecule has 1 fully saturated rings. The van der Waals surface area contributed by atoms with E-state index in [9.17, 15) is 0 Å². The minimum Gasteiger partial charge on any atom is -0.337 e. The number of hydrogen-bond acceptors (Lipinski definition) is 4. The van der Waals surface area contributed by atoms with Gasteiger partial charge in [0.15, 0.2) is 0 Å². The summed E-state index contributed by atoms with van der Waals surface area (Å²) in [5.41, 5.74) is 1.11. The van der Waals surface area contributed by atoms with Crippen molar-refractivity contribution in [3.63, 3.8) is 0 Å². The molecular weight excluding hydrogens is 188 g/mol. The van der Waals surface area contributed by atoms with Gasteiger partial charge in [0.05, 0.1) is 0 Å². The molecule has 0 aliphatic carbocycles. The highest BCUT2D eigenvalue weighted by molar-refractivity contribution is 5.33. The van der Waals surface area contributed by atoms with Crippen molar-refractivity contribution in [3.8, 4) is 0 Å². The van der Waals surface area contributed by atoms with Crippen molar-refractivity contribution in [2.24, 2.45) is 0 Å². The van der Waals surface area contributed by atoms with E-state index in [1.54, 1.807) is 0 Å². The van der Waals surface area contributed by atoms with Crippen molar-refractivity contribution in [1.29, 1.82) is 0 Å². The van der Waals surface area contributed by atoms with Gasteiger partial charge >= 0.3 is 0 Å². The molecule has 1 aliphatic heterocycles. The van der Waals surface area contributed by atoms with E-state index in [2.05, 4.69) is 20.2 Å². The van der Waals surface area contributed by atoms with Gasteiger partial charge in [-0.1, -0.05) is 0 Å². The number of nitrogens with one attached hydrogen (secondary N) is 1. The van der Waals surface area contributed by atoms with Gasteiger partial charge in [0.2, 0.25) is 5.95 Å². The average molecular weight is 206 g/mol. The maximum Gasteiger partial charge on any atom is 0.225 e. The smallest absolute Gasteiger partial charge is 0.225 e. The van der Waals surface area contributed by atoms with Crippen molar-refractivity contribution >= 4 is 5.95 Å². The summed E-state index contributed by atoms with van der Waals surface area (Å²) in [5.74, 6) is 0.873. The summed E-state index contributed by atoms with van der Waals surface area (Å²) in [7, 11) is 1.99. The van der Waals surface area contributed by atoms with Crippen LogP contribution >= 0.6 is 0 Å². The van der Waals surface area contributed by atoms with Crippen molar-refractivity contribution in [1.82, 2.24) is 15.3 Å². The Morgan fingerprint density at radius 1 is 1.47 bits per heavy atom. The van der Waals surface area contributed by atoms with E-state index >= 15 is 0 Å². The fourth-order valence-electron chi connectivity index (χ4n) is 2.08. The predicted molar refractivity (Wildman–Crippen MR) is 61.1 cm³/mol. The van der Waals surface area contributed by atoms with Crippen molar-refractivity contribution in [2.45, 2.75) is 25.8 Å². The molecule has 1 atom stereocenters. The van der Waals surface area contributed by atoms with Crippen LogP contribution in [0.15, 0.2) is 12.4 Å². The van der Waals surface area contributed by atoms with E-state index in [0.29, 0.717) is 6.04 Å². The van der Waals surface area contributed by atoms with Gasteiger partial charge in [-0.25, -0.2) is 9.97 Å². The van der Waals surface area contributed by atoms with Crippen LogP contribution in [-0.4, -0.2) is 36.1 Å². The Kier molecular flexibility index (Phi) is 3.16. The van der Waals surface area contributed by atoms with E-state index in [1.165, 1.54) is 12.8 Å². The van der Waals surface area contributed by atoms with Crippen molar-refractivity contribution in [3.05, 3.63) is 18.0 Å².